The summed E-state index contributed by atoms with van der Waals surface area (Å²) in [4.78, 5) is 40.1. The van der Waals surface area contributed by atoms with Crippen molar-refractivity contribution in [3.05, 3.63) is 28.3 Å². The average Bonchev–Trinajstić information content (AvgIpc) is 3.01. The number of rotatable bonds is 7. The van der Waals surface area contributed by atoms with Crippen molar-refractivity contribution >= 4 is 23.2 Å². The number of aliphatic carboxylic acids is 1. The molecule has 0 unspecified atom stereocenters. The van der Waals surface area contributed by atoms with E-state index in [0.717, 1.165) is 6.42 Å². The lowest BCUT2D eigenvalue weighted by Gasteiger charge is -2.30. The van der Waals surface area contributed by atoms with E-state index in [1.54, 1.807) is 0 Å². The highest BCUT2D eigenvalue weighted by atomic mass is 16.5. The number of carbonyl (C=O) groups excluding carboxylic acids is 2. The van der Waals surface area contributed by atoms with E-state index in [1.165, 1.54) is 0 Å². The van der Waals surface area contributed by atoms with Gasteiger partial charge >= 0.3 is 5.97 Å². The van der Waals surface area contributed by atoms with Gasteiger partial charge in [-0.15, -0.1) is 0 Å². The van der Waals surface area contributed by atoms with Crippen molar-refractivity contribution in [1.29, 1.82) is 0 Å². The van der Waals surface area contributed by atoms with Crippen LogP contribution in [0.15, 0.2) is 20.8 Å². The van der Waals surface area contributed by atoms with Crippen molar-refractivity contribution in [2.45, 2.75) is 65.2 Å². The lowest BCUT2D eigenvalue weighted by molar-refractivity contribution is -0.136. The molecule has 2 aliphatic rings. The minimum atomic E-state index is -0.987. The van der Waals surface area contributed by atoms with E-state index < -0.39 is 5.97 Å². The molecule has 0 saturated carbocycles. The second-order valence-electron chi connectivity index (χ2n) is 8.44. The Morgan fingerprint density at radius 1 is 1.17 bits per heavy atom. The summed E-state index contributed by atoms with van der Waals surface area (Å²) in [7, 11) is 0. The van der Waals surface area contributed by atoms with Gasteiger partial charge in [0, 0.05) is 37.9 Å². The van der Waals surface area contributed by atoms with E-state index in [2.05, 4.69) is 10.1 Å². The van der Waals surface area contributed by atoms with Gasteiger partial charge < -0.3 is 14.7 Å². The molecule has 0 aromatic carbocycles. The highest BCUT2D eigenvalue weighted by molar-refractivity contribution is 6.23. The molecule has 1 aromatic rings. The number of Topliss-reactive ketones (excluding diaryl/α,β-unsaturated/α-hetero) is 2. The van der Waals surface area contributed by atoms with E-state index >= 15 is 0 Å². The zero-order valence-corrected chi connectivity index (χ0v) is 16.8. The first-order chi connectivity index (χ1) is 13.7. The molecule has 156 valence electrons. The van der Waals surface area contributed by atoms with Crippen molar-refractivity contribution in [2.24, 2.45) is 10.4 Å². The first-order valence-corrected chi connectivity index (χ1v) is 9.89. The summed E-state index contributed by atoms with van der Waals surface area (Å²) in [5.41, 5.74) is 1.26. The predicted molar refractivity (Wildman–Crippen MR) is 104 cm³/mol. The fourth-order valence-electron chi connectivity index (χ4n) is 3.98. The first-order valence-electron chi connectivity index (χ1n) is 9.89. The molecule has 1 aromatic heterocycles. The molecule has 0 atom stereocenters. The molecule has 0 spiro atoms. The number of aliphatic imine (C=N–C) groups is 1. The summed E-state index contributed by atoms with van der Waals surface area (Å²) in [6.45, 7) is 3.83. The number of hydrogen-bond acceptors (Lipinski definition) is 7. The maximum atomic E-state index is 12.7. The molecule has 29 heavy (non-hydrogen) atoms. The molecule has 0 fully saturated rings. The Bertz CT molecular complexity index is 906. The molecule has 0 saturated heterocycles. The lowest BCUT2D eigenvalue weighted by atomic mass is 9.75. The molecular formula is C21H26N2O6. The van der Waals surface area contributed by atoms with Crippen LogP contribution in [0.25, 0.3) is 0 Å². The van der Waals surface area contributed by atoms with Gasteiger partial charge in [0.15, 0.2) is 11.6 Å². The van der Waals surface area contributed by atoms with Crippen LogP contribution in [0.3, 0.4) is 0 Å². The highest BCUT2D eigenvalue weighted by Gasteiger charge is 2.35. The summed E-state index contributed by atoms with van der Waals surface area (Å²) in [5.74, 6) is -0.606. The molecule has 2 N–H and O–H groups in total. The number of carboxylic acid groups (broad SMARTS) is 1. The van der Waals surface area contributed by atoms with Crippen LogP contribution in [0.4, 0.5) is 0 Å². The van der Waals surface area contributed by atoms with Crippen LogP contribution in [0, 0.1) is 5.41 Å². The topological polar surface area (TPSA) is 130 Å². The van der Waals surface area contributed by atoms with Crippen molar-refractivity contribution in [2.75, 3.05) is 6.54 Å². The number of fused-ring (bicyclic) bond motifs is 1. The van der Waals surface area contributed by atoms with Crippen LogP contribution in [0.2, 0.25) is 0 Å². The van der Waals surface area contributed by atoms with Crippen molar-refractivity contribution in [3.63, 3.8) is 0 Å². The van der Waals surface area contributed by atoms with Gasteiger partial charge in [-0.3, -0.25) is 19.4 Å². The Kier molecular flexibility index (Phi) is 6.00. The fourth-order valence-corrected chi connectivity index (χ4v) is 3.98. The fraction of sp³-hybridized carbons (Fsp3) is 0.571. The Morgan fingerprint density at radius 2 is 1.93 bits per heavy atom. The van der Waals surface area contributed by atoms with Gasteiger partial charge in [0.05, 0.1) is 23.3 Å². The monoisotopic (exact) mass is 402 g/mol. The van der Waals surface area contributed by atoms with Crippen molar-refractivity contribution < 1.29 is 29.1 Å². The number of carbonyl (C=O) groups is 3. The standard InChI is InChI=1S/C21H26N2O6/c1-21(2)10-15(25)19(16(26)11-21)12(22-9-8-18(27)28)6-7-13-20-14(24)4-3-5-17(20)29-23-13/h25H,3-11H2,1-2H3,(H,27,28). The van der Waals surface area contributed by atoms with E-state index in [4.69, 9.17) is 9.63 Å². The third-order valence-electron chi connectivity index (χ3n) is 5.29. The number of aliphatic hydroxyl groups excluding tert-OH is 1. The zero-order chi connectivity index (χ0) is 21.2. The molecule has 2 aliphatic carbocycles. The third-order valence-corrected chi connectivity index (χ3v) is 5.29. The Hall–Kier alpha value is -2.77. The van der Waals surface area contributed by atoms with E-state index in [0.29, 0.717) is 48.4 Å². The molecule has 8 heteroatoms. The Balaban J connectivity index is 1.86. The van der Waals surface area contributed by atoms with E-state index in [1.807, 2.05) is 13.8 Å². The molecule has 0 bridgehead atoms. The quantitative estimate of drug-likeness (QED) is 0.670. The van der Waals surface area contributed by atoms with Crippen LogP contribution < -0.4 is 0 Å². The second kappa shape index (κ2) is 8.31. The summed E-state index contributed by atoms with van der Waals surface area (Å²) in [5, 5.41) is 23.4. The van der Waals surface area contributed by atoms with Crippen LogP contribution in [-0.4, -0.2) is 45.2 Å². The van der Waals surface area contributed by atoms with Crippen LogP contribution in [0.5, 0.6) is 0 Å². The minimum absolute atomic E-state index is 0.00409. The number of nitrogens with zero attached hydrogens (tertiary/aromatic N) is 2. The highest BCUT2D eigenvalue weighted by Crippen LogP contribution is 2.36. The summed E-state index contributed by atoms with van der Waals surface area (Å²) < 4.78 is 5.30. The number of aliphatic hydroxyl groups is 1. The molecule has 8 nitrogen and oxygen atoms in total. The normalized spacial score (nSPS) is 19.4. The van der Waals surface area contributed by atoms with Gasteiger partial charge in [-0.1, -0.05) is 19.0 Å². The summed E-state index contributed by atoms with van der Waals surface area (Å²) in [6, 6.07) is 0. The number of ketones is 2. The van der Waals surface area contributed by atoms with Gasteiger partial charge in [0.2, 0.25) is 0 Å². The van der Waals surface area contributed by atoms with E-state index in [-0.39, 0.29) is 54.1 Å². The molecule has 1 heterocycles. The van der Waals surface area contributed by atoms with Gasteiger partial charge in [-0.2, -0.15) is 0 Å². The third kappa shape index (κ3) is 4.81. The van der Waals surface area contributed by atoms with Gasteiger partial charge in [-0.05, 0) is 24.7 Å². The number of carboxylic acids is 1. The number of hydrogen-bond donors (Lipinski definition) is 2. The first kappa shape index (κ1) is 21.0. The summed E-state index contributed by atoms with van der Waals surface area (Å²) >= 11 is 0. The van der Waals surface area contributed by atoms with Gasteiger partial charge in [-0.25, -0.2) is 0 Å². The molecule has 0 radical (unpaired) electrons. The summed E-state index contributed by atoms with van der Waals surface area (Å²) in [6.07, 6.45) is 2.92. The predicted octanol–water partition coefficient (Wildman–Crippen LogP) is 3.24. The second-order valence-corrected chi connectivity index (χ2v) is 8.44. The molecule has 0 amide bonds. The Labute approximate surface area is 168 Å². The van der Waals surface area contributed by atoms with Crippen LogP contribution in [-0.2, 0) is 22.4 Å². The largest absolute Gasteiger partial charge is 0.511 e. The average molecular weight is 402 g/mol. The van der Waals surface area contributed by atoms with Crippen LogP contribution >= 0.6 is 0 Å². The van der Waals surface area contributed by atoms with Gasteiger partial charge in [0.25, 0.3) is 0 Å². The number of aryl methyl sites for hydroxylation is 2. The maximum Gasteiger partial charge on any atom is 0.305 e. The Morgan fingerprint density at radius 3 is 2.62 bits per heavy atom. The zero-order valence-electron chi connectivity index (χ0n) is 16.8. The molecular weight excluding hydrogens is 376 g/mol. The number of aromatic nitrogens is 1. The lowest BCUT2D eigenvalue weighted by Crippen LogP contribution is -2.29. The van der Waals surface area contributed by atoms with Crippen LogP contribution in [0.1, 0.15) is 74.2 Å². The minimum Gasteiger partial charge on any atom is -0.511 e. The van der Waals surface area contributed by atoms with E-state index in [9.17, 15) is 19.5 Å². The SMILES string of the molecule is CC1(C)CC(=O)C(C(CCc2noc3c2C(=O)CCC3)=NCCC(=O)O)=C(O)C1. The maximum absolute atomic E-state index is 12.7. The molecule has 0 aliphatic heterocycles. The van der Waals surface area contributed by atoms with Crippen molar-refractivity contribution in [3.8, 4) is 0 Å². The smallest absolute Gasteiger partial charge is 0.305 e. The molecule has 3 rings (SSSR count). The van der Waals surface area contributed by atoms with Gasteiger partial charge in [0.1, 0.15) is 11.5 Å². The van der Waals surface area contributed by atoms with Crippen molar-refractivity contribution in [1.82, 2.24) is 5.16 Å². The number of allylic oxidation sites excluding steroid dienone is 2.